The molecule has 0 atom stereocenters. The van der Waals surface area contributed by atoms with E-state index < -0.39 is 0 Å². The highest BCUT2D eigenvalue weighted by molar-refractivity contribution is 6.42. The Morgan fingerprint density at radius 1 is 1.08 bits per heavy atom. The number of halogens is 2. The first-order valence-electron chi connectivity index (χ1n) is 8.14. The summed E-state index contributed by atoms with van der Waals surface area (Å²) in [6.45, 7) is 1.87. The number of carbonyl (C=O) groups is 1. The van der Waals surface area contributed by atoms with E-state index in [1.807, 2.05) is 30.3 Å². The average molecular weight is 381 g/mol. The molecule has 4 nitrogen and oxygen atoms in total. The molecule has 0 aliphatic heterocycles. The third-order valence-corrected chi connectivity index (χ3v) is 4.44. The van der Waals surface area contributed by atoms with Crippen LogP contribution in [0, 0.1) is 0 Å². The minimum Gasteiger partial charge on any atom is -0.385 e. The summed E-state index contributed by atoms with van der Waals surface area (Å²) in [6, 6.07) is 14.8. The molecule has 0 aliphatic rings. The molecule has 25 heavy (non-hydrogen) atoms. The van der Waals surface area contributed by atoms with Crippen LogP contribution < -0.4 is 5.32 Å². The molecular weight excluding hydrogens is 359 g/mol. The second kappa shape index (κ2) is 10.3. The first kappa shape index (κ1) is 19.6. The number of unbranched alkanes of at least 4 members (excludes halogenated alkanes) is 1. The maximum atomic E-state index is 12.7. The molecule has 6 heteroatoms. The zero-order valence-electron chi connectivity index (χ0n) is 14.2. The van der Waals surface area contributed by atoms with Crippen molar-refractivity contribution in [1.82, 2.24) is 4.90 Å². The van der Waals surface area contributed by atoms with Crippen molar-refractivity contribution in [2.24, 2.45) is 0 Å². The van der Waals surface area contributed by atoms with Gasteiger partial charge in [0.05, 0.1) is 10.0 Å². The fraction of sp³-hybridized carbons (Fsp3) is 0.316. The summed E-state index contributed by atoms with van der Waals surface area (Å²) in [4.78, 5) is 14.5. The number of hydrogen-bond acceptors (Lipinski definition) is 2. The minimum atomic E-state index is -0.167. The van der Waals surface area contributed by atoms with Crippen molar-refractivity contribution >= 4 is 34.9 Å². The highest BCUT2D eigenvalue weighted by Gasteiger charge is 2.14. The highest BCUT2D eigenvalue weighted by Crippen LogP contribution is 2.25. The minimum absolute atomic E-state index is 0.167. The van der Waals surface area contributed by atoms with Gasteiger partial charge < -0.3 is 15.0 Å². The molecular formula is C19H22Cl2N2O2. The maximum absolute atomic E-state index is 12.7. The molecule has 0 radical (unpaired) electrons. The van der Waals surface area contributed by atoms with Crippen LogP contribution >= 0.6 is 23.2 Å². The van der Waals surface area contributed by atoms with Gasteiger partial charge in [0.25, 0.3) is 0 Å². The first-order chi connectivity index (χ1) is 12.1. The van der Waals surface area contributed by atoms with E-state index in [4.69, 9.17) is 27.9 Å². The van der Waals surface area contributed by atoms with Gasteiger partial charge in [0.2, 0.25) is 0 Å². The number of carbonyl (C=O) groups excluding carboxylic acids is 1. The standard InChI is InChI=1S/C19H22Cl2N2O2/c1-25-12-6-5-11-23(14-15-7-3-2-4-8-15)19(24)22-16-9-10-17(20)18(21)13-16/h2-4,7-10,13H,5-6,11-12,14H2,1H3,(H,22,24). The molecule has 134 valence electrons. The molecule has 1 N–H and O–H groups in total. The number of amides is 2. The lowest BCUT2D eigenvalue weighted by molar-refractivity contribution is 0.182. The maximum Gasteiger partial charge on any atom is 0.322 e. The summed E-state index contributed by atoms with van der Waals surface area (Å²) < 4.78 is 5.08. The molecule has 0 aliphatic carbocycles. The quantitative estimate of drug-likeness (QED) is 0.618. The van der Waals surface area contributed by atoms with Crippen LogP contribution in [0.1, 0.15) is 18.4 Å². The van der Waals surface area contributed by atoms with Gasteiger partial charge in [-0.1, -0.05) is 53.5 Å². The Balaban J connectivity index is 2.03. The second-order valence-corrected chi connectivity index (χ2v) is 6.48. The number of urea groups is 1. The molecule has 0 fully saturated rings. The van der Waals surface area contributed by atoms with Gasteiger partial charge in [0.15, 0.2) is 0 Å². The molecule has 2 aromatic rings. The molecule has 2 aromatic carbocycles. The van der Waals surface area contributed by atoms with Crippen molar-refractivity contribution in [2.45, 2.75) is 19.4 Å². The van der Waals surface area contributed by atoms with Gasteiger partial charge in [-0.15, -0.1) is 0 Å². The van der Waals surface area contributed by atoms with E-state index in [9.17, 15) is 4.79 Å². The van der Waals surface area contributed by atoms with E-state index in [0.29, 0.717) is 35.4 Å². The lowest BCUT2D eigenvalue weighted by Gasteiger charge is -2.23. The largest absolute Gasteiger partial charge is 0.385 e. The summed E-state index contributed by atoms with van der Waals surface area (Å²) >= 11 is 11.9. The predicted molar refractivity (Wildman–Crippen MR) is 103 cm³/mol. The third kappa shape index (κ3) is 6.58. The molecule has 0 saturated carbocycles. The van der Waals surface area contributed by atoms with Gasteiger partial charge in [0.1, 0.15) is 0 Å². The van der Waals surface area contributed by atoms with E-state index >= 15 is 0 Å². The third-order valence-electron chi connectivity index (χ3n) is 3.70. The molecule has 0 heterocycles. The smallest absolute Gasteiger partial charge is 0.322 e. The summed E-state index contributed by atoms with van der Waals surface area (Å²) in [5.41, 5.74) is 1.70. The van der Waals surface area contributed by atoms with Crippen molar-refractivity contribution in [3.8, 4) is 0 Å². The van der Waals surface area contributed by atoms with E-state index in [1.165, 1.54) is 0 Å². The van der Waals surface area contributed by atoms with Gasteiger partial charge in [-0.25, -0.2) is 4.79 Å². The van der Waals surface area contributed by atoms with Gasteiger partial charge in [0, 0.05) is 32.5 Å². The average Bonchev–Trinajstić information content (AvgIpc) is 2.61. The van der Waals surface area contributed by atoms with Crippen LogP contribution in [0.25, 0.3) is 0 Å². The number of rotatable bonds is 8. The zero-order chi connectivity index (χ0) is 18.1. The zero-order valence-corrected chi connectivity index (χ0v) is 15.7. The van der Waals surface area contributed by atoms with Crippen LogP contribution in [0.3, 0.4) is 0 Å². The van der Waals surface area contributed by atoms with Crippen molar-refractivity contribution in [3.63, 3.8) is 0 Å². The molecule has 2 amide bonds. The summed E-state index contributed by atoms with van der Waals surface area (Å²) in [5.74, 6) is 0. The Hall–Kier alpha value is -1.75. The topological polar surface area (TPSA) is 41.6 Å². The predicted octanol–water partition coefficient (Wildman–Crippen LogP) is 5.45. The monoisotopic (exact) mass is 380 g/mol. The molecule has 0 aromatic heterocycles. The molecule has 0 spiro atoms. The fourth-order valence-corrected chi connectivity index (χ4v) is 2.68. The van der Waals surface area contributed by atoms with Crippen LogP contribution in [-0.2, 0) is 11.3 Å². The number of benzene rings is 2. The second-order valence-electron chi connectivity index (χ2n) is 5.67. The van der Waals surface area contributed by atoms with Crippen LogP contribution in [0.15, 0.2) is 48.5 Å². The Bertz CT molecular complexity index is 680. The number of nitrogens with zero attached hydrogens (tertiary/aromatic N) is 1. The fourth-order valence-electron chi connectivity index (χ4n) is 2.38. The van der Waals surface area contributed by atoms with Gasteiger partial charge in [-0.05, 0) is 36.6 Å². The molecule has 0 saturated heterocycles. The number of anilines is 1. The summed E-state index contributed by atoms with van der Waals surface area (Å²) in [7, 11) is 1.68. The van der Waals surface area contributed by atoms with E-state index in [-0.39, 0.29) is 6.03 Å². The van der Waals surface area contributed by atoms with Crippen LogP contribution in [-0.4, -0.2) is 31.2 Å². The number of hydrogen-bond donors (Lipinski definition) is 1. The Morgan fingerprint density at radius 2 is 1.84 bits per heavy atom. The van der Waals surface area contributed by atoms with Crippen molar-refractivity contribution in [1.29, 1.82) is 0 Å². The lowest BCUT2D eigenvalue weighted by Crippen LogP contribution is -2.35. The number of methoxy groups -OCH3 is 1. The van der Waals surface area contributed by atoms with E-state index in [0.717, 1.165) is 18.4 Å². The van der Waals surface area contributed by atoms with Crippen molar-refractivity contribution < 1.29 is 9.53 Å². The first-order valence-corrected chi connectivity index (χ1v) is 8.89. The van der Waals surface area contributed by atoms with Crippen LogP contribution in [0.2, 0.25) is 10.0 Å². The van der Waals surface area contributed by atoms with E-state index in [2.05, 4.69) is 5.32 Å². The Labute approximate surface area is 158 Å². The molecule has 0 bridgehead atoms. The Kier molecular flexibility index (Phi) is 8.06. The van der Waals surface area contributed by atoms with Crippen LogP contribution in [0.4, 0.5) is 10.5 Å². The SMILES string of the molecule is COCCCCN(Cc1ccccc1)C(=O)Nc1ccc(Cl)c(Cl)c1. The van der Waals surface area contributed by atoms with Gasteiger partial charge in [-0.2, -0.15) is 0 Å². The lowest BCUT2D eigenvalue weighted by atomic mass is 10.2. The van der Waals surface area contributed by atoms with Crippen molar-refractivity contribution in [2.75, 3.05) is 25.6 Å². The molecule has 0 unspecified atom stereocenters. The van der Waals surface area contributed by atoms with Gasteiger partial charge >= 0.3 is 6.03 Å². The van der Waals surface area contributed by atoms with Crippen LogP contribution in [0.5, 0.6) is 0 Å². The number of nitrogens with one attached hydrogen (secondary N) is 1. The molecule has 2 rings (SSSR count). The Morgan fingerprint density at radius 3 is 2.52 bits per heavy atom. The normalized spacial score (nSPS) is 10.5. The van der Waals surface area contributed by atoms with Gasteiger partial charge in [-0.3, -0.25) is 0 Å². The summed E-state index contributed by atoms with van der Waals surface area (Å²) in [6.07, 6.45) is 1.78. The number of ether oxygens (including phenoxy) is 1. The van der Waals surface area contributed by atoms with E-state index in [1.54, 1.807) is 30.2 Å². The summed E-state index contributed by atoms with van der Waals surface area (Å²) in [5, 5.41) is 3.75. The van der Waals surface area contributed by atoms with Crippen molar-refractivity contribution in [3.05, 3.63) is 64.1 Å². The highest BCUT2D eigenvalue weighted by atomic mass is 35.5.